The largest absolute Gasteiger partial charge is 0.458 e. The second kappa shape index (κ2) is 7.95. The molecular weight excluding hydrogens is 428 g/mol. The number of fused-ring (bicyclic) bond motifs is 1. The van der Waals surface area contributed by atoms with Crippen molar-refractivity contribution >= 4 is 29.1 Å². The summed E-state index contributed by atoms with van der Waals surface area (Å²) >= 11 is 6.72. The molecule has 0 aromatic heterocycles. The van der Waals surface area contributed by atoms with Crippen molar-refractivity contribution in [2.24, 2.45) is 29.6 Å². The van der Waals surface area contributed by atoms with Crippen LogP contribution < -0.4 is 0 Å². The maximum Gasteiger partial charge on any atom is 0.316 e. The fourth-order valence-electron chi connectivity index (χ4n) is 6.57. The Balaban J connectivity index is 1.76. The number of Topliss-reactive ketones (excluding diaryl/α,β-unsaturated/α-hetero) is 2. The first-order chi connectivity index (χ1) is 14.9. The molecule has 3 aliphatic heterocycles. The number of ether oxygens (including phenoxy) is 2. The summed E-state index contributed by atoms with van der Waals surface area (Å²) in [6.45, 7) is 8.83. The van der Waals surface area contributed by atoms with Crippen LogP contribution in [0.25, 0.3) is 0 Å². The SMILES string of the molecule is C[C@@H]1C(=O)O[C@@H](C)/C=C/C=C\C[C@@H]2C=C[C@@H]3CC4(C)C[C@@](C)(O4)[C@H]3[C@@H]2C(=O)[C@](C)(Cl)C1=O. The molecule has 1 unspecified atom stereocenters. The second-order valence-electron chi connectivity index (χ2n) is 10.7. The first-order valence-corrected chi connectivity index (χ1v) is 12.0. The number of carbonyl (C=O) groups excluding carboxylic acids is 3. The van der Waals surface area contributed by atoms with Gasteiger partial charge in [0.2, 0.25) is 0 Å². The molecule has 174 valence electrons. The predicted molar refractivity (Wildman–Crippen MR) is 122 cm³/mol. The third-order valence-electron chi connectivity index (χ3n) is 7.81. The molecule has 0 aromatic carbocycles. The van der Waals surface area contributed by atoms with Gasteiger partial charge < -0.3 is 9.47 Å². The van der Waals surface area contributed by atoms with Crippen LogP contribution in [0, 0.1) is 29.6 Å². The lowest BCUT2D eigenvalue weighted by atomic mass is 9.51. The number of rotatable bonds is 0. The molecule has 2 bridgehead atoms. The Morgan fingerprint density at radius 2 is 1.62 bits per heavy atom. The van der Waals surface area contributed by atoms with E-state index >= 15 is 0 Å². The van der Waals surface area contributed by atoms with Gasteiger partial charge in [-0.25, -0.2) is 0 Å². The summed E-state index contributed by atoms with van der Waals surface area (Å²) < 4.78 is 11.7. The lowest BCUT2D eigenvalue weighted by molar-refractivity contribution is -0.329. The van der Waals surface area contributed by atoms with E-state index in [4.69, 9.17) is 21.1 Å². The van der Waals surface area contributed by atoms with Gasteiger partial charge in [-0.2, -0.15) is 0 Å². The average Bonchev–Trinajstić information content (AvgIpc) is 2.69. The highest BCUT2D eigenvalue weighted by molar-refractivity contribution is 6.47. The van der Waals surface area contributed by atoms with Crippen LogP contribution in [0.2, 0.25) is 0 Å². The third kappa shape index (κ3) is 3.81. The Bertz CT molecular complexity index is 907. The van der Waals surface area contributed by atoms with Crippen molar-refractivity contribution in [1.29, 1.82) is 0 Å². The molecule has 1 saturated carbocycles. The van der Waals surface area contributed by atoms with Gasteiger partial charge in [0.25, 0.3) is 0 Å². The summed E-state index contributed by atoms with van der Waals surface area (Å²) in [7, 11) is 0. The summed E-state index contributed by atoms with van der Waals surface area (Å²) in [5, 5.41) is 0. The average molecular weight is 461 g/mol. The van der Waals surface area contributed by atoms with Gasteiger partial charge in [-0.15, -0.1) is 11.6 Å². The lowest BCUT2D eigenvalue weighted by Gasteiger charge is -2.66. The van der Waals surface area contributed by atoms with Gasteiger partial charge in [0, 0.05) is 18.3 Å². The molecule has 6 heteroatoms. The molecule has 3 fully saturated rings. The topological polar surface area (TPSA) is 69.7 Å². The van der Waals surface area contributed by atoms with Crippen LogP contribution in [0.3, 0.4) is 0 Å². The number of hydrogen-bond acceptors (Lipinski definition) is 5. The van der Waals surface area contributed by atoms with Gasteiger partial charge in [0.1, 0.15) is 12.0 Å². The monoisotopic (exact) mass is 460 g/mol. The first-order valence-electron chi connectivity index (χ1n) is 11.6. The summed E-state index contributed by atoms with van der Waals surface area (Å²) in [5.74, 6) is -3.14. The Kier molecular flexibility index (Phi) is 5.82. The highest BCUT2D eigenvalue weighted by Crippen LogP contribution is 2.62. The number of allylic oxidation sites excluding steroid dienone is 5. The van der Waals surface area contributed by atoms with E-state index in [2.05, 4.69) is 26.0 Å². The molecule has 0 radical (unpaired) electrons. The summed E-state index contributed by atoms with van der Waals surface area (Å²) in [5.41, 5.74) is -0.580. The number of halogens is 1. The van der Waals surface area contributed by atoms with Crippen LogP contribution in [-0.4, -0.2) is 39.7 Å². The first kappa shape index (κ1) is 23.4. The quantitative estimate of drug-likeness (QED) is 0.229. The van der Waals surface area contributed by atoms with Gasteiger partial charge in [-0.1, -0.05) is 30.4 Å². The summed E-state index contributed by atoms with van der Waals surface area (Å²) in [6, 6.07) is 0. The normalized spacial score (nSPS) is 50.9. The standard InChI is InChI=1S/C26H33ClO5/c1-15-9-7-6-8-10-17-11-12-18-13-24(3)14-25(4,32-24)20(18)19(17)22(29)26(5,27)21(28)16(2)23(30)31-15/h6-9,11-12,15-20H,10,13-14H2,1-5H3/b8-6-,9-7+/t15-,16-,17+,18+,19+,20+,24?,25+,26+/m0/s1. The zero-order chi connectivity index (χ0) is 23.5. The molecule has 0 amide bonds. The van der Waals surface area contributed by atoms with Crippen molar-refractivity contribution in [2.45, 2.75) is 76.1 Å². The van der Waals surface area contributed by atoms with E-state index in [0.29, 0.717) is 6.42 Å². The molecule has 3 heterocycles. The van der Waals surface area contributed by atoms with Crippen LogP contribution in [0.1, 0.15) is 53.9 Å². The molecule has 0 spiro atoms. The highest BCUT2D eigenvalue weighted by Gasteiger charge is 2.66. The maximum atomic E-state index is 14.0. The van der Waals surface area contributed by atoms with Gasteiger partial charge in [0.15, 0.2) is 16.4 Å². The second-order valence-corrected chi connectivity index (χ2v) is 11.4. The molecule has 5 rings (SSSR count). The highest BCUT2D eigenvalue weighted by atomic mass is 35.5. The number of hydrogen-bond donors (Lipinski definition) is 0. The predicted octanol–water partition coefficient (Wildman–Crippen LogP) is 4.58. The zero-order valence-electron chi connectivity index (χ0n) is 19.5. The molecule has 32 heavy (non-hydrogen) atoms. The fraction of sp³-hybridized carbons (Fsp3) is 0.654. The minimum Gasteiger partial charge on any atom is -0.458 e. The Morgan fingerprint density at radius 1 is 0.969 bits per heavy atom. The Hall–Kier alpha value is -1.72. The Morgan fingerprint density at radius 3 is 2.31 bits per heavy atom. The van der Waals surface area contributed by atoms with E-state index in [0.717, 1.165) is 12.8 Å². The van der Waals surface area contributed by atoms with Crippen molar-refractivity contribution in [1.82, 2.24) is 0 Å². The van der Waals surface area contributed by atoms with E-state index < -0.39 is 40.2 Å². The molecule has 2 saturated heterocycles. The van der Waals surface area contributed by atoms with Crippen molar-refractivity contribution in [2.75, 3.05) is 0 Å². The summed E-state index contributed by atoms with van der Waals surface area (Å²) in [6.07, 6.45) is 13.8. The number of cyclic esters (lactones) is 1. The van der Waals surface area contributed by atoms with E-state index in [-0.39, 0.29) is 29.1 Å². The van der Waals surface area contributed by atoms with Gasteiger partial charge in [-0.05, 0) is 65.4 Å². The van der Waals surface area contributed by atoms with Crippen LogP contribution >= 0.6 is 11.6 Å². The Labute approximate surface area is 195 Å². The van der Waals surface area contributed by atoms with Crippen molar-refractivity contribution in [3.05, 3.63) is 36.5 Å². The van der Waals surface area contributed by atoms with Crippen molar-refractivity contribution in [3.63, 3.8) is 0 Å². The summed E-state index contributed by atoms with van der Waals surface area (Å²) in [4.78, 5) is 38.0. The molecule has 0 N–H and O–H groups in total. The smallest absolute Gasteiger partial charge is 0.316 e. The maximum absolute atomic E-state index is 14.0. The van der Waals surface area contributed by atoms with E-state index in [1.54, 1.807) is 13.0 Å². The number of alkyl halides is 1. The molecule has 5 nitrogen and oxygen atoms in total. The van der Waals surface area contributed by atoms with E-state index in [9.17, 15) is 14.4 Å². The molecule has 0 aromatic rings. The number of ketones is 2. The van der Waals surface area contributed by atoms with E-state index in [1.165, 1.54) is 13.8 Å². The van der Waals surface area contributed by atoms with Crippen molar-refractivity contribution in [3.8, 4) is 0 Å². The van der Waals surface area contributed by atoms with Gasteiger partial charge in [0.05, 0.1) is 11.2 Å². The third-order valence-corrected chi connectivity index (χ3v) is 8.18. The van der Waals surface area contributed by atoms with Crippen LogP contribution in [0.15, 0.2) is 36.5 Å². The van der Waals surface area contributed by atoms with Crippen LogP contribution in [0.4, 0.5) is 0 Å². The molecule has 2 aliphatic carbocycles. The van der Waals surface area contributed by atoms with Crippen LogP contribution in [-0.2, 0) is 23.9 Å². The van der Waals surface area contributed by atoms with Crippen LogP contribution in [0.5, 0.6) is 0 Å². The van der Waals surface area contributed by atoms with Crippen molar-refractivity contribution < 1.29 is 23.9 Å². The molecule has 9 atom stereocenters. The minimum absolute atomic E-state index is 0.0585. The van der Waals surface area contributed by atoms with E-state index in [1.807, 2.05) is 18.2 Å². The van der Waals surface area contributed by atoms with Gasteiger partial charge in [-0.3, -0.25) is 14.4 Å². The minimum atomic E-state index is -1.81. The fourth-order valence-corrected chi connectivity index (χ4v) is 6.86. The lowest BCUT2D eigenvalue weighted by Crippen LogP contribution is -2.70. The number of esters is 1. The molecule has 5 aliphatic rings. The molecular formula is C26H33ClO5. The zero-order valence-corrected chi connectivity index (χ0v) is 20.2. The van der Waals surface area contributed by atoms with Gasteiger partial charge >= 0.3 is 5.97 Å². The number of carbonyl (C=O) groups is 3.